The number of hydrogen-bond acceptors (Lipinski definition) is 4. The van der Waals surface area contributed by atoms with Gasteiger partial charge in [-0.3, -0.25) is 14.6 Å². The summed E-state index contributed by atoms with van der Waals surface area (Å²) in [5.41, 5.74) is 1.43. The number of pyridine rings is 1. The van der Waals surface area contributed by atoms with Gasteiger partial charge in [0.15, 0.2) is 5.78 Å². The van der Waals surface area contributed by atoms with Crippen LogP contribution in [-0.4, -0.2) is 41.8 Å². The van der Waals surface area contributed by atoms with E-state index in [1.807, 2.05) is 54.6 Å². The van der Waals surface area contributed by atoms with E-state index in [0.717, 1.165) is 35.1 Å². The van der Waals surface area contributed by atoms with Crippen molar-refractivity contribution in [3.63, 3.8) is 0 Å². The Balaban J connectivity index is 1.46. The van der Waals surface area contributed by atoms with Crippen LogP contribution in [0.4, 0.5) is 0 Å². The lowest BCUT2D eigenvalue weighted by molar-refractivity contribution is -0.127. The van der Waals surface area contributed by atoms with Crippen molar-refractivity contribution in [2.45, 2.75) is 12.8 Å². The van der Waals surface area contributed by atoms with E-state index in [-0.39, 0.29) is 17.6 Å². The standard InChI is InChI=1S/C25H24N2O3/c1-30-23-11-9-18-15-20(8-7-19(18)16-23)25(29)21-5-4-14-27(17-21)24(28)12-10-22-6-2-3-13-26-22/h2-3,6-13,15-16,21H,4-5,14,17H2,1H3/b12-10+/t21-/m1/s1. The Hall–Kier alpha value is -3.47. The van der Waals surface area contributed by atoms with Gasteiger partial charge < -0.3 is 9.64 Å². The SMILES string of the molecule is COc1ccc2cc(C(=O)[C@@H]3CCCN(C(=O)/C=C/c4ccccn4)C3)ccc2c1. The van der Waals surface area contributed by atoms with Crippen LogP contribution in [0.15, 0.2) is 66.9 Å². The second-order valence-corrected chi connectivity index (χ2v) is 7.50. The maximum atomic E-state index is 13.1. The molecule has 1 saturated heterocycles. The Morgan fingerprint density at radius 1 is 1.10 bits per heavy atom. The van der Waals surface area contributed by atoms with Gasteiger partial charge in [0.2, 0.25) is 5.91 Å². The van der Waals surface area contributed by atoms with Crippen molar-refractivity contribution in [2.24, 2.45) is 5.92 Å². The second kappa shape index (κ2) is 8.91. The zero-order valence-corrected chi connectivity index (χ0v) is 17.0. The van der Waals surface area contributed by atoms with Crippen LogP contribution < -0.4 is 4.74 Å². The molecule has 30 heavy (non-hydrogen) atoms. The molecule has 5 heteroatoms. The van der Waals surface area contributed by atoms with Crippen LogP contribution in [0.3, 0.4) is 0 Å². The van der Waals surface area contributed by atoms with Crippen molar-refractivity contribution in [1.82, 2.24) is 9.88 Å². The van der Waals surface area contributed by atoms with E-state index in [2.05, 4.69) is 4.98 Å². The van der Waals surface area contributed by atoms with Gasteiger partial charge in [-0.2, -0.15) is 0 Å². The minimum absolute atomic E-state index is 0.0799. The first-order valence-corrected chi connectivity index (χ1v) is 10.1. The van der Waals surface area contributed by atoms with Gasteiger partial charge in [0.05, 0.1) is 12.8 Å². The Kier molecular flexibility index (Phi) is 5.89. The van der Waals surface area contributed by atoms with Crippen LogP contribution in [0.5, 0.6) is 5.75 Å². The largest absolute Gasteiger partial charge is 0.497 e. The maximum absolute atomic E-state index is 13.1. The molecular formula is C25H24N2O3. The number of benzene rings is 2. The highest BCUT2D eigenvalue weighted by Crippen LogP contribution is 2.26. The van der Waals surface area contributed by atoms with Crippen LogP contribution in [-0.2, 0) is 4.79 Å². The summed E-state index contributed by atoms with van der Waals surface area (Å²) in [6.07, 6.45) is 6.57. The van der Waals surface area contributed by atoms with Gasteiger partial charge in [-0.05, 0) is 60.0 Å². The first-order chi connectivity index (χ1) is 14.6. The van der Waals surface area contributed by atoms with E-state index in [1.165, 1.54) is 0 Å². The number of carbonyl (C=O) groups is 2. The lowest BCUT2D eigenvalue weighted by Crippen LogP contribution is -2.41. The molecule has 0 unspecified atom stereocenters. The summed E-state index contributed by atoms with van der Waals surface area (Å²) in [6.45, 7) is 1.12. The second-order valence-electron chi connectivity index (χ2n) is 7.50. The summed E-state index contributed by atoms with van der Waals surface area (Å²) in [4.78, 5) is 31.7. The van der Waals surface area contributed by atoms with E-state index < -0.39 is 0 Å². The third-order valence-electron chi connectivity index (χ3n) is 5.52. The Morgan fingerprint density at radius 2 is 1.93 bits per heavy atom. The molecule has 0 bridgehead atoms. The van der Waals surface area contributed by atoms with Crippen LogP contribution in [0.25, 0.3) is 16.8 Å². The fraction of sp³-hybridized carbons (Fsp3) is 0.240. The van der Waals surface area contributed by atoms with Crippen molar-refractivity contribution in [2.75, 3.05) is 20.2 Å². The molecule has 2 aromatic carbocycles. The fourth-order valence-corrected chi connectivity index (χ4v) is 3.87. The summed E-state index contributed by atoms with van der Waals surface area (Å²) >= 11 is 0. The number of carbonyl (C=O) groups excluding carboxylic acids is 2. The quantitative estimate of drug-likeness (QED) is 0.471. The van der Waals surface area contributed by atoms with E-state index in [0.29, 0.717) is 18.7 Å². The highest BCUT2D eigenvalue weighted by atomic mass is 16.5. The van der Waals surface area contributed by atoms with Gasteiger partial charge in [0.1, 0.15) is 5.75 Å². The first kappa shape index (κ1) is 19.8. The Morgan fingerprint density at radius 3 is 2.73 bits per heavy atom. The average molecular weight is 400 g/mol. The lowest BCUT2D eigenvalue weighted by Gasteiger charge is -2.31. The molecule has 1 aliphatic heterocycles. The van der Waals surface area contributed by atoms with Gasteiger partial charge in [0, 0.05) is 36.8 Å². The molecule has 1 aromatic heterocycles. The highest BCUT2D eigenvalue weighted by molar-refractivity contribution is 6.02. The van der Waals surface area contributed by atoms with Crippen molar-refractivity contribution in [1.29, 1.82) is 0 Å². The molecule has 1 aliphatic rings. The molecule has 1 atom stereocenters. The Bertz CT molecular complexity index is 1090. The molecule has 152 valence electrons. The number of ether oxygens (including phenoxy) is 1. The number of methoxy groups -OCH3 is 1. The highest BCUT2D eigenvalue weighted by Gasteiger charge is 2.28. The van der Waals surface area contributed by atoms with Crippen LogP contribution in [0, 0.1) is 5.92 Å². The fourth-order valence-electron chi connectivity index (χ4n) is 3.87. The monoisotopic (exact) mass is 400 g/mol. The molecule has 0 radical (unpaired) electrons. The predicted molar refractivity (Wildman–Crippen MR) is 117 cm³/mol. The molecule has 1 amide bonds. The maximum Gasteiger partial charge on any atom is 0.246 e. The van der Waals surface area contributed by atoms with Crippen LogP contribution in [0.2, 0.25) is 0 Å². The van der Waals surface area contributed by atoms with Crippen molar-refractivity contribution >= 4 is 28.5 Å². The summed E-state index contributed by atoms with van der Waals surface area (Å²) in [5.74, 6) is 0.631. The molecule has 0 aliphatic carbocycles. The molecule has 3 aromatic rings. The topological polar surface area (TPSA) is 59.5 Å². The number of amides is 1. The number of fused-ring (bicyclic) bond motifs is 1. The van der Waals surface area contributed by atoms with Crippen LogP contribution in [0.1, 0.15) is 28.9 Å². The zero-order chi connectivity index (χ0) is 20.9. The van der Waals surface area contributed by atoms with Crippen molar-refractivity contribution in [3.05, 3.63) is 78.1 Å². The zero-order valence-electron chi connectivity index (χ0n) is 17.0. The van der Waals surface area contributed by atoms with E-state index in [1.54, 1.807) is 30.4 Å². The minimum atomic E-state index is -0.179. The first-order valence-electron chi connectivity index (χ1n) is 10.1. The van der Waals surface area contributed by atoms with Crippen LogP contribution >= 0.6 is 0 Å². The van der Waals surface area contributed by atoms with E-state index >= 15 is 0 Å². The van der Waals surface area contributed by atoms with Gasteiger partial charge >= 0.3 is 0 Å². The van der Waals surface area contributed by atoms with Gasteiger partial charge in [-0.25, -0.2) is 0 Å². The number of hydrogen-bond donors (Lipinski definition) is 0. The number of Topliss-reactive ketones (excluding diaryl/α,β-unsaturated/α-hetero) is 1. The smallest absolute Gasteiger partial charge is 0.246 e. The number of nitrogens with zero attached hydrogens (tertiary/aromatic N) is 2. The number of ketones is 1. The Labute approximate surface area is 176 Å². The predicted octanol–water partition coefficient (Wildman–Crippen LogP) is 4.38. The normalized spacial score (nSPS) is 16.7. The summed E-state index contributed by atoms with van der Waals surface area (Å²) in [7, 11) is 1.64. The molecule has 0 spiro atoms. The van der Waals surface area contributed by atoms with Gasteiger partial charge in [-0.1, -0.05) is 24.3 Å². The molecule has 0 saturated carbocycles. The summed E-state index contributed by atoms with van der Waals surface area (Å²) < 4.78 is 5.26. The third kappa shape index (κ3) is 4.40. The third-order valence-corrected chi connectivity index (χ3v) is 5.52. The summed E-state index contributed by atoms with van der Waals surface area (Å²) in [6, 6.07) is 17.1. The average Bonchev–Trinajstić information content (AvgIpc) is 2.82. The number of rotatable bonds is 5. The van der Waals surface area contributed by atoms with E-state index in [4.69, 9.17) is 4.74 Å². The van der Waals surface area contributed by atoms with Crippen molar-refractivity contribution in [3.8, 4) is 5.75 Å². The number of piperidine rings is 1. The number of likely N-dealkylation sites (tertiary alicyclic amines) is 1. The molecule has 4 rings (SSSR count). The van der Waals surface area contributed by atoms with Gasteiger partial charge in [-0.15, -0.1) is 0 Å². The van der Waals surface area contributed by atoms with E-state index in [9.17, 15) is 9.59 Å². The molecule has 0 N–H and O–H groups in total. The summed E-state index contributed by atoms with van der Waals surface area (Å²) in [5, 5.41) is 2.04. The molecule has 2 heterocycles. The van der Waals surface area contributed by atoms with Crippen molar-refractivity contribution < 1.29 is 14.3 Å². The number of aromatic nitrogens is 1. The minimum Gasteiger partial charge on any atom is -0.497 e. The molecule has 1 fully saturated rings. The van der Waals surface area contributed by atoms with Gasteiger partial charge in [0.25, 0.3) is 0 Å². The lowest BCUT2D eigenvalue weighted by atomic mass is 9.89. The molecule has 5 nitrogen and oxygen atoms in total. The molecular weight excluding hydrogens is 376 g/mol.